The molecule has 1 aromatic heterocycles. The van der Waals surface area contributed by atoms with Crippen LogP contribution in [0.4, 0.5) is 0 Å². The van der Waals surface area contributed by atoms with Gasteiger partial charge in [-0.3, -0.25) is 0 Å². The summed E-state index contributed by atoms with van der Waals surface area (Å²) in [6.45, 7) is 11.9. The molecule has 3 aromatic carbocycles. The van der Waals surface area contributed by atoms with E-state index in [1.807, 2.05) is 109 Å². The molecular formula is C33H40IrN2O2. The van der Waals surface area contributed by atoms with E-state index in [4.69, 9.17) is 4.98 Å². The van der Waals surface area contributed by atoms with Crippen LogP contribution in [0.5, 0.6) is 0 Å². The van der Waals surface area contributed by atoms with Crippen molar-refractivity contribution < 1.29 is 34.9 Å². The molecule has 0 saturated carbocycles. The summed E-state index contributed by atoms with van der Waals surface area (Å²) in [6, 6.07) is 31.8. The van der Waals surface area contributed by atoms with Gasteiger partial charge in [0.2, 0.25) is 0 Å². The molecule has 38 heavy (non-hydrogen) atoms. The first-order valence-corrected chi connectivity index (χ1v) is 12.8. The molecule has 0 spiro atoms. The maximum atomic E-state index is 9.76. The van der Waals surface area contributed by atoms with Crippen molar-refractivity contribution in [2.24, 2.45) is 10.8 Å². The Bertz CT molecular complexity index is 1220. The van der Waals surface area contributed by atoms with Crippen LogP contribution in [0.2, 0.25) is 0 Å². The fourth-order valence-corrected chi connectivity index (χ4v) is 3.67. The first kappa shape index (κ1) is 31.5. The third kappa shape index (κ3) is 8.96. The zero-order chi connectivity index (χ0) is 27.1. The Hall–Kier alpha value is -2.69. The summed E-state index contributed by atoms with van der Waals surface area (Å²) in [4.78, 5) is 4.73. The van der Waals surface area contributed by atoms with E-state index in [0.717, 1.165) is 28.1 Å². The Morgan fingerprint density at radius 1 is 0.763 bits per heavy atom. The van der Waals surface area contributed by atoms with Crippen molar-refractivity contribution in [3.8, 4) is 28.1 Å². The second-order valence-corrected chi connectivity index (χ2v) is 11.5. The minimum atomic E-state index is -0.443. The Morgan fingerprint density at radius 3 is 1.79 bits per heavy atom. The average molecular weight is 689 g/mol. The van der Waals surface area contributed by atoms with E-state index in [2.05, 4.69) is 41.1 Å². The second kappa shape index (κ2) is 13.9. The molecule has 0 aliphatic heterocycles. The van der Waals surface area contributed by atoms with Crippen LogP contribution in [0.1, 0.15) is 48.0 Å². The Balaban J connectivity index is 0.000000313. The molecule has 2 N–H and O–H groups in total. The smallest absolute Gasteiger partial charge is 0.281 e. The van der Waals surface area contributed by atoms with E-state index in [0.29, 0.717) is 6.42 Å². The van der Waals surface area contributed by atoms with Gasteiger partial charge in [0.05, 0.1) is 18.4 Å². The molecule has 0 saturated heterocycles. The van der Waals surface area contributed by atoms with Gasteiger partial charge in [-0.15, -0.1) is 30.3 Å². The fourth-order valence-electron chi connectivity index (χ4n) is 3.67. The number of para-hydroxylation sites is 1. The number of nitrogens with zero attached hydrogens (tertiary/aromatic N) is 2. The first-order chi connectivity index (χ1) is 17.5. The van der Waals surface area contributed by atoms with E-state index in [-0.39, 0.29) is 30.9 Å². The number of aliphatic hydroxyl groups excluding tert-OH is 2. The molecule has 0 amide bonds. The normalized spacial score (nSPS) is 12.9. The van der Waals surface area contributed by atoms with Crippen LogP contribution in [0.3, 0.4) is 0 Å². The third-order valence-electron chi connectivity index (χ3n) is 6.38. The van der Waals surface area contributed by atoms with Crippen molar-refractivity contribution in [1.82, 2.24) is 4.98 Å². The molecule has 5 heteroatoms. The number of aliphatic hydroxyl groups is 2. The molecule has 0 fully saturated rings. The molecule has 4 rings (SSSR count). The number of hydrogen-bond donors (Lipinski definition) is 2. The fraction of sp³-hybridized carbons (Fsp3) is 0.333. The molecule has 0 bridgehead atoms. The van der Waals surface area contributed by atoms with Crippen LogP contribution < -0.4 is 4.57 Å². The van der Waals surface area contributed by atoms with Gasteiger partial charge in [0.1, 0.15) is 11.4 Å². The maximum Gasteiger partial charge on any atom is 0.281 e. The van der Waals surface area contributed by atoms with Gasteiger partial charge in [0, 0.05) is 32.1 Å². The first-order valence-electron chi connectivity index (χ1n) is 12.8. The largest absolute Gasteiger partial charge is 0.392 e. The van der Waals surface area contributed by atoms with Crippen LogP contribution in [0.15, 0.2) is 97.5 Å². The molecular weight excluding hydrogens is 649 g/mol. The average Bonchev–Trinajstić information content (AvgIpc) is 2.89. The molecule has 0 aliphatic carbocycles. The van der Waals surface area contributed by atoms with Crippen molar-refractivity contribution >= 4 is 0 Å². The van der Waals surface area contributed by atoms with Crippen molar-refractivity contribution in [2.45, 2.75) is 60.2 Å². The summed E-state index contributed by atoms with van der Waals surface area (Å²) in [5.41, 5.74) is 4.96. The predicted octanol–water partition coefficient (Wildman–Crippen LogP) is 6.68. The van der Waals surface area contributed by atoms with E-state index in [1.54, 1.807) is 0 Å². The second-order valence-electron chi connectivity index (χ2n) is 11.5. The summed E-state index contributed by atoms with van der Waals surface area (Å²) in [5.74, 6) is 0. The minimum absolute atomic E-state index is 0. The summed E-state index contributed by atoms with van der Waals surface area (Å²) < 4.78 is 2.05. The van der Waals surface area contributed by atoms with Crippen LogP contribution in [-0.4, -0.2) is 27.4 Å². The summed E-state index contributed by atoms with van der Waals surface area (Å²) >= 11 is 0. The van der Waals surface area contributed by atoms with Gasteiger partial charge in [-0.1, -0.05) is 101 Å². The van der Waals surface area contributed by atoms with Gasteiger partial charge >= 0.3 is 0 Å². The van der Waals surface area contributed by atoms with Crippen LogP contribution >= 0.6 is 0 Å². The summed E-state index contributed by atoms with van der Waals surface area (Å²) in [6.07, 6.45) is 3.56. The standard InChI is InChI=1S/C22H16N2.C11H24O2.Ir/c1-4-10-18(11-5-1)21-16-24(20-14-8-3-9-15-20)17-23-22(21)19-12-6-2-7-13-19;1-10(2,3)8(12)7-9(13)11(4,5)6;/h1-12,14-17H;8-9,12-13H,7H2,1-6H3;. The SMILES string of the molecule is CC(C)(C)C(O)CC(O)C(C)(C)C.[Ir].[c-]1ccccc1-c1nc[n+](-c2ccccc2)cc1-c1ccccc1. The van der Waals surface area contributed by atoms with Gasteiger partial charge in [-0.2, -0.15) is 0 Å². The maximum absolute atomic E-state index is 9.76. The van der Waals surface area contributed by atoms with E-state index < -0.39 is 12.2 Å². The number of rotatable bonds is 5. The van der Waals surface area contributed by atoms with Crippen molar-refractivity contribution in [2.75, 3.05) is 0 Å². The number of hydrogen-bond acceptors (Lipinski definition) is 3. The minimum Gasteiger partial charge on any atom is -0.392 e. The van der Waals surface area contributed by atoms with Gasteiger partial charge in [-0.05, 0) is 28.5 Å². The van der Waals surface area contributed by atoms with E-state index in [1.165, 1.54) is 0 Å². The van der Waals surface area contributed by atoms with Gasteiger partial charge < -0.3 is 10.2 Å². The van der Waals surface area contributed by atoms with E-state index in [9.17, 15) is 10.2 Å². The monoisotopic (exact) mass is 689 g/mol. The van der Waals surface area contributed by atoms with Crippen LogP contribution in [-0.2, 0) is 20.1 Å². The Morgan fingerprint density at radius 2 is 1.29 bits per heavy atom. The van der Waals surface area contributed by atoms with Crippen LogP contribution in [0, 0.1) is 16.9 Å². The van der Waals surface area contributed by atoms with Gasteiger partial charge in [0.15, 0.2) is 0 Å². The van der Waals surface area contributed by atoms with Gasteiger partial charge in [0.25, 0.3) is 6.33 Å². The quantitative estimate of drug-likeness (QED) is 0.182. The number of benzene rings is 3. The Kier molecular flexibility index (Phi) is 11.5. The predicted molar refractivity (Wildman–Crippen MR) is 151 cm³/mol. The zero-order valence-corrected chi connectivity index (χ0v) is 25.6. The van der Waals surface area contributed by atoms with Crippen molar-refractivity contribution in [3.63, 3.8) is 0 Å². The molecule has 2 atom stereocenters. The molecule has 0 aliphatic rings. The number of aromatic nitrogens is 2. The topological polar surface area (TPSA) is 57.2 Å². The molecule has 4 aromatic rings. The van der Waals surface area contributed by atoms with Gasteiger partial charge in [-0.25, -0.2) is 4.57 Å². The molecule has 2 unspecified atom stereocenters. The molecule has 4 nitrogen and oxygen atoms in total. The van der Waals surface area contributed by atoms with Crippen molar-refractivity contribution in [3.05, 3.63) is 104 Å². The molecule has 203 valence electrons. The summed E-state index contributed by atoms with van der Waals surface area (Å²) in [7, 11) is 0. The van der Waals surface area contributed by atoms with E-state index >= 15 is 0 Å². The molecule has 1 radical (unpaired) electrons. The zero-order valence-electron chi connectivity index (χ0n) is 23.2. The Labute approximate surface area is 241 Å². The molecule has 1 heterocycles. The summed E-state index contributed by atoms with van der Waals surface area (Å²) in [5, 5.41) is 19.5. The van der Waals surface area contributed by atoms with Crippen LogP contribution in [0.25, 0.3) is 28.1 Å². The van der Waals surface area contributed by atoms with Crippen molar-refractivity contribution in [1.29, 1.82) is 0 Å². The third-order valence-corrected chi connectivity index (χ3v) is 6.38.